The van der Waals surface area contributed by atoms with Crippen molar-refractivity contribution in [2.24, 2.45) is 5.92 Å². The fraction of sp³-hybridized carbons (Fsp3) is 0.708. The summed E-state index contributed by atoms with van der Waals surface area (Å²) in [5.41, 5.74) is 10.8. The Morgan fingerprint density at radius 3 is 2.13 bits per heavy atom. The van der Waals surface area contributed by atoms with Crippen LogP contribution in [0.25, 0.3) is 0 Å². The zero-order valence-electron chi connectivity index (χ0n) is 20.0. The predicted octanol–water partition coefficient (Wildman–Crippen LogP) is 6.10. The number of ether oxygens (including phenoxy) is 1. The zero-order valence-corrected chi connectivity index (χ0v) is 21.0. The first-order valence-electron chi connectivity index (χ1n) is 11.5. The van der Waals surface area contributed by atoms with Crippen molar-refractivity contribution in [3.8, 4) is 0 Å². The van der Waals surface area contributed by atoms with E-state index in [0.29, 0.717) is 29.3 Å². The van der Waals surface area contributed by atoms with Crippen molar-refractivity contribution in [3.05, 3.63) is 23.8 Å². The SMILES string of the molecule is COC(=O)C1CCC(Nc2cc(CO[Si](C(C)C)(C(C)C)C(C)C)ccc2N)CC1. The van der Waals surface area contributed by atoms with Crippen LogP contribution in [-0.4, -0.2) is 27.4 Å². The number of esters is 1. The van der Waals surface area contributed by atoms with Gasteiger partial charge in [-0.3, -0.25) is 4.79 Å². The van der Waals surface area contributed by atoms with Gasteiger partial charge >= 0.3 is 5.97 Å². The molecule has 1 aromatic carbocycles. The highest BCUT2D eigenvalue weighted by Crippen LogP contribution is 2.43. The monoisotopic (exact) mass is 434 g/mol. The van der Waals surface area contributed by atoms with E-state index in [1.54, 1.807) is 0 Å². The van der Waals surface area contributed by atoms with Crippen molar-refractivity contribution in [1.29, 1.82) is 0 Å². The van der Waals surface area contributed by atoms with Crippen LogP contribution < -0.4 is 11.1 Å². The second kappa shape index (κ2) is 10.7. The lowest BCUT2D eigenvalue weighted by Gasteiger charge is -2.42. The Labute approximate surface area is 184 Å². The summed E-state index contributed by atoms with van der Waals surface area (Å²) in [5.74, 6) is -0.0495. The molecule has 1 aromatic rings. The number of hydrogen-bond acceptors (Lipinski definition) is 5. The topological polar surface area (TPSA) is 73.6 Å². The van der Waals surface area contributed by atoms with E-state index in [1.165, 1.54) is 7.11 Å². The van der Waals surface area contributed by atoms with Gasteiger partial charge in [-0.05, 0) is 60.0 Å². The van der Waals surface area contributed by atoms with E-state index in [9.17, 15) is 4.79 Å². The van der Waals surface area contributed by atoms with Crippen molar-refractivity contribution in [1.82, 2.24) is 0 Å². The van der Waals surface area contributed by atoms with Gasteiger partial charge in [-0.1, -0.05) is 47.6 Å². The van der Waals surface area contributed by atoms with E-state index >= 15 is 0 Å². The van der Waals surface area contributed by atoms with E-state index < -0.39 is 8.32 Å². The maximum Gasteiger partial charge on any atom is 0.308 e. The third-order valence-corrected chi connectivity index (χ3v) is 13.0. The van der Waals surface area contributed by atoms with Gasteiger partial charge in [0.25, 0.3) is 0 Å². The first-order valence-corrected chi connectivity index (χ1v) is 13.6. The second-order valence-electron chi connectivity index (χ2n) is 9.74. The Kier molecular flexibility index (Phi) is 8.80. The van der Waals surface area contributed by atoms with Gasteiger partial charge in [0, 0.05) is 6.04 Å². The Balaban J connectivity index is 2.06. The fourth-order valence-electron chi connectivity index (χ4n) is 5.39. The molecule has 0 aliphatic heterocycles. The number of carbonyl (C=O) groups is 1. The normalized spacial score (nSPS) is 20.1. The number of anilines is 2. The third kappa shape index (κ3) is 5.58. The Morgan fingerprint density at radius 1 is 1.07 bits per heavy atom. The molecule has 0 spiro atoms. The van der Waals surface area contributed by atoms with Crippen molar-refractivity contribution >= 4 is 25.7 Å². The molecule has 0 amide bonds. The van der Waals surface area contributed by atoms with Crippen LogP contribution in [0.3, 0.4) is 0 Å². The third-order valence-electron chi connectivity index (χ3n) is 6.93. The average Bonchev–Trinajstić information content (AvgIpc) is 2.70. The minimum atomic E-state index is -1.90. The number of benzene rings is 1. The van der Waals surface area contributed by atoms with Gasteiger partial charge in [0.1, 0.15) is 0 Å². The predicted molar refractivity (Wildman–Crippen MR) is 128 cm³/mol. The summed E-state index contributed by atoms with van der Waals surface area (Å²) in [6, 6.07) is 6.53. The first kappa shape index (κ1) is 24.7. The number of nitrogens with one attached hydrogen (secondary N) is 1. The Morgan fingerprint density at radius 2 is 1.63 bits per heavy atom. The molecule has 1 aliphatic carbocycles. The molecule has 0 atom stereocenters. The molecule has 170 valence electrons. The van der Waals surface area contributed by atoms with E-state index in [4.69, 9.17) is 14.9 Å². The standard InChI is InChI=1S/C24H42N2O3Si/c1-16(2)30(17(3)4,18(5)6)29-15-19-8-13-22(25)23(14-19)26-21-11-9-20(10-12-21)24(27)28-7/h8,13-14,16-18,20-21,26H,9-12,15,25H2,1-7H3. The zero-order chi connectivity index (χ0) is 22.5. The first-order chi connectivity index (χ1) is 14.1. The summed E-state index contributed by atoms with van der Waals surface area (Å²) in [7, 11) is -0.433. The number of methoxy groups -OCH3 is 1. The fourth-order valence-corrected chi connectivity index (χ4v) is 10.8. The summed E-state index contributed by atoms with van der Waals surface area (Å²) in [6.07, 6.45) is 3.62. The molecule has 1 saturated carbocycles. The molecule has 0 aromatic heterocycles. The summed E-state index contributed by atoms with van der Waals surface area (Å²) < 4.78 is 11.6. The quantitative estimate of drug-likeness (QED) is 0.279. The minimum Gasteiger partial charge on any atom is -0.469 e. The lowest BCUT2D eigenvalue weighted by Crippen LogP contribution is -2.47. The van der Waals surface area contributed by atoms with Gasteiger partial charge in [-0.25, -0.2) is 0 Å². The van der Waals surface area contributed by atoms with E-state index in [0.717, 1.165) is 42.6 Å². The van der Waals surface area contributed by atoms with Crippen LogP contribution >= 0.6 is 0 Å². The number of nitrogens with two attached hydrogens (primary N) is 1. The molecular formula is C24H42N2O3Si. The number of rotatable bonds is 9. The highest BCUT2D eigenvalue weighted by Gasteiger charge is 2.45. The van der Waals surface area contributed by atoms with E-state index in [2.05, 4.69) is 59.0 Å². The maximum absolute atomic E-state index is 11.8. The minimum absolute atomic E-state index is 0.0336. The van der Waals surface area contributed by atoms with Crippen LogP contribution in [0.4, 0.5) is 11.4 Å². The molecule has 6 heteroatoms. The summed E-state index contributed by atoms with van der Waals surface area (Å²) in [4.78, 5) is 11.8. The molecule has 5 nitrogen and oxygen atoms in total. The molecule has 0 bridgehead atoms. The lowest BCUT2D eigenvalue weighted by molar-refractivity contribution is -0.146. The van der Waals surface area contributed by atoms with Gasteiger partial charge in [-0.2, -0.15) is 0 Å². The van der Waals surface area contributed by atoms with Crippen molar-refractivity contribution in [3.63, 3.8) is 0 Å². The smallest absolute Gasteiger partial charge is 0.308 e. The maximum atomic E-state index is 11.8. The molecule has 3 N–H and O–H groups in total. The second-order valence-corrected chi connectivity index (χ2v) is 15.2. The van der Waals surface area contributed by atoms with E-state index in [1.807, 2.05) is 6.07 Å². The average molecular weight is 435 g/mol. The van der Waals surface area contributed by atoms with Crippen LogP contribution in [-0.2, 0) is 20.6 Å². The lowest BCUT2D eigenvalue weighted by atomic mass is 9.86. The molecule has 0 heterocycles. The highest BCUT2D eigenvalue weighted by atomic mass is 28.4. The number of nitrogen functional groups attached to an aromatic ring is 1. The molecule has 1 aliphatic rings. The summed E-state index contributed by atoms with van der Waals surface area (Å²) >= 11 is 0. The van der Waals surface area contributed by atoms with Crippen LogP contribution in [0.2, 0.25) is 16.6 Å². The molecule has 30 heavy (non-hydrogen) atoms. The van der Waals surface area contributed by atoms with Gasteiger partial charge in [0.15, 0.2) is 0 Å². The summed E-state index contributed by atoms with van der Waals surface area (Å²) in [5, 5.41) is 3.61. The molecule has 2 rings (SSSR count). The molecular weight excluding hydrogens is 392 g/mol. The molecule has 0 radical (unpaired) electrons. The number of hydrogen-bond donors (Lipinski definition) is 2. The molecule has 0 saturated heterocycles. The Bertz CT molecular complexity index is 676. The van der Waals surface area contributed by atoms with Crippen molar-refractivity contribution in [2.75, 3.05) is 18.2 Å². The van der Waals surface area contributed by atoms with E-state index in [-0.39, 0.29) is 11.9 Å². The van der Waals surface area contributed by atoms with Crippen LogP contribution in [0, 0.1) is 5.92 Å². The molecule has 1 fully saturated rings. The molecule has 0 unspecified atom stereocenters. The Hall–Kier alpha value is -1.53. The van der Waals surface area contributed by atoms with Gasteiger partial charge in [0.2, 0.25) is 8.32 Å². The van der Waals surface area contributed by atoms with Gasteiger partial charge in [-0.15, -0.1) is 0 Å². The van der Waals surface area contributed by atoms with Crippen molar-refractivity contribution < 1.29 is 14.0 Å². The largest absolute Gasteiger partial charge is 0.469 e. The summed E-state index contributed by atoms with van der Waals surface area (Å²) in [6.45, 7) is 14.5. The van der Waals surface area contributed by atoms with Crippen molar-refractivity contribution in [2.45, 2.75) is 96.5 Å². The number of carbonyl (C=O) groups excluding carboxylic acids is 1. The van der Waals surface area contributed by atoms with Crippen LogP contribution in [0.5, 0.6) is 0 Å². The van der Waals surface area contributed by atoms with Crippen LogP contribution in [0.15, 0.2) is 18.2 Å². The highest BCUT2D eigenvalue weighted by molar-refractivity contribution is 6.77. The van der Waals surface area contributed by atoms with Gasteiger partial charge < -0.3 is 20.2 Å². The van der Waals surface area contributed by atoms with Gasteiger partial charge in [0.05, 0.1) is 31.0 Å². The van der Waals surface area contributed by atoms with Crippen LogP contribution in [0.1, 0.15) is 72.8 Å².